The van der Waals surface area contributed by atoms with E-state index >= 15 is 0 Å². The Morgan fingerprint density at radius 3 is 2.81 bits per heavy atom. The van der Waals surface area contributed by atoms with Gasteiger partial charge in [0.25, 0.3) is 11.6 Å². The van der Waals surface area contributed by atoms with Crippen LogP contribution in [0.1, 0.15) is 26.5 Å². The maximum absolute atomic E-state index is 11.8. The number of hydrogen-bond acceptors (Lipinski definition) is 5. The van der Waals surface area contributed by atoms with Gasteiger partial charge in [-0.25, -0.2) is 4.79 Å². The predicted molar refractivity (Wildman–Crippen MR) is 69.8 cm³/mol. The van der Waals surface area contributed by atoms with E-state index in [9.17, 15) is 19.7 Å². The minimum atomic E-state index is -1.09. The average molecular weight is 290 g/mol. The van der Waals surface area contributed by atoms with Crippen molar-refractivity contribution in [1.29, 1.82) is 0 Å². The van der Waals surface area contributed by atoms with Crippen molar-refractivity contribution in [1.82, 2.24) is 15.3 Å². The Hall–Kier alpha value is -3.23. The van der Waals surface area contributed by atoms with E-state index in [1.807, 2.05) is 0 Å². The lowest BCUT2D eigenvalue weighted by Crippen LogP contribution is -2.23. The molecule has 108 valence electrons. The molecule has 0 aromatic carbocycles. The second-order valence-electron chi connectivity index (χ2n) is 4.05. The minimum Gasteiger partial charge on any atom is -0.478 e. The first-order valence-corrected chi connectivity index (χ1v) is 5.76. The van der Waals surface area contributed by atoms with Crippen molar-refractivity contribution in [3.05, 3.63) is 57.7 Å². The second kappa shape index (κ2) is 5.82. The molecule has 2 aromatic heterocycles. The van der Waals surface area contributed by atoms with Gasteiger partial charge >= 0.3 is 5.97 Å². The molecule has 0 saturated heterocycles. The SMILES string of the molecule is O=C(O)c1ccnc(CNC(=O)c2cc([N+](=O)[O-])c[nH]2)c1. The highest BCUT2D eigenvalue weighted by atomic mass is 16.6. The summed E-state index contributed by atoms with van der Waals surface area (Å²) in [6.45, 7) is 0.00672. The lowest BCUT2D eigenvalue weighted by Gasteiger charge is -2.03. The fraction of sp³-hybridized carbons (Fsp3) is 0.0833. The summed E-state index contributed by atoms with van der Waals surface area (Å²) in [6.07, 6.45) is 2.43. The molecule has 0 unspecified atom stereocenters. The lowest BCUT2D eigenvalue weighted by atomic mass is 10.2. The molecule has 0 spiro atoms. The summed E-state index contributed by atoms with van der Waals surface area (Å²) in [5.41, 5.74) is 0.247. The van der Waals surface area contributed by atoms with E-state index in [1.165, 1.54) is 18.3 Å². The first-order valence-electron chi connectivity index (χ1n) is 5.76. The monoisotopic (exact) mass is 290 g/mol. The van der Waals surface area contributed by atoms with Crippen molar-refractivity contribution in [2.45, 2.75) is 6.54 Å². The fourth-order valence-corrected chi connectivity index (χ4v) is 1.59. The van der Waals surface area contributed by atoms with Crippen molar-refractivity contribution in [2.24, 2.45) is 0 Å². The van der Waals surface area contributed by atoms with Crippen LogP contribution in [0, 0.1) is 10.1 Å². The van der Waals surface area contributed by atoms with Crippen LogP contribution in [0.15, 0.2) is 30.6 Å². The van der Waals surface area contributed by atoms with Crippen LogP contribution in [0.4, 0.5) is 5.69 Å². The molecule has 0 fully saturated rings. The Kier molecular flexibility index (Phi) is 3.93. The van der Waals surface area contributed by atoms with Crippen LogP contribution in [0.2, 0.25) is 0 Å². The predicted octanol–water partition coefficient (Wildman–Crippen LogP) is 0.946. The number of hydrogen-bond donors (Lipinski definition) is 3. The molecule has 0 radical (unpaired) electrons. The highest BCUT2D eigenvalue weighted by molar-refractivity contribution is 5.93. The van der Waals surface area contributed by atoms with E-state index in [1.54, 1.807) is 0 Å². The van der Waals surface area contributed by atoms with E-state index < -0.39 is 16.8 Å². The van der Waals surface area contributed by atoms with Crippen LogP contribution >= 0.6 is 0 Å². The van der Waals surface area contributed by atoms with Crippen LogP contribution < -0.4 is 5.32 Å². The third-order valence-corrected chi connectivity index (χ3v) is 2.62. The van der Waals surface area contributed by atoms with E-state index in [0.717, 1.165) is 12.3 Å². The topological polar surface area (TPSA) is 138 Å². The molecule has 9 nitrogen and oxygen atoms in total. The molecule has 2 aromatic rings. The van der Waals surface area contributed by atoms with Crippen molar-refractivity contribution < 1.29 is 19.6 Å². The number of nitrogens with one attached hydrogen (secondary N) is 2. The molecule has 0 bridgehead atoms. The van der Waals surface area contributed by atoms with Crippen molar-refractivity contribution in [3.63, 3.8) is 0 Å². The zero-order chi connectivity index (χ0) is 15.4. The molecule has 0 aliphatic carbocycles. The highest BCUT2D eigenvalue weighted by Gasteiger charge is 2.14. The standard InChI is InChI=1S/C12H10N4O5/c17-11(10-4-9(6-14-10)16(20)21)15-5-8-3-7(12(18)19)1-2-13-8/h1-4,6,14H,5H2,(H,15,17)(H,18,19). The van der Waals surface area contributed by atoms with Gasteiger partial charge in [0.05, 0.1) is 28.9 Å². The van der Waals surface area contributed by atoms with Gasteiger partial charge in [-0.3, -0.25) is 19.9 Å². The van der Waals surface area contributed by atoms with Gasteiger partial charge in [0.1, 0.15) is 5.69 Å². The van der Waals surface area contributed by atoms with Gasteiger partial charge in [0.15, 0.2) is 0 Å². The highest BCUT2D eigenvalue weighted by Crippen LogP contribution is 2.12. The summed E-state index contributed by atoms with van der Waals surface area (Å²) in [7, 11) is 0. The summed E-state index contributed by atoms with van der Waals surface area (Å²) in [5, 5.41) is 21.8. The van der Waals surface area contributed by atoms with E-state index in [2.05, 4.69) is 15.3 Å². The molecule has 0 atom stereocenters. The second-order valence-corrected chi connectivity index (χ2v) is 4.05. The Bertz CT molecular complexity index is 709. The van der Waals surface area contributed by atoms with Gasteiger partial charge in [-0.1, -0.05) is 0 Å². The third kappa shape index (κ3) is 3.41. The van der Waals surface area contributed by atoms with Crippen LogP contribution in [0.3, 0.4) is 0 Å². The smallest absolute Gasteiger partial charge is 0.335 e. The molecule has 9 heteroatoms. The number of aromatic nitrogens is 2. The molecule has 0 aliphatic heterocycles. The number of nitro groups is 1. The number of pyridine rings is 1. The van der Waals surface area contributed by atoms with Crippen molar-refractivity contribution in [3.8, 4) is 0 Å². The summed E-state index contributed by atoms with van der Waals surface area (Å²) < 4.78 is 0. The number of amides is 1. The third-order valence-electron chi connectivity index (χ3n) is 2.62. The Morgan fingerprint density at radius 2 is 2.19 bits per heavy atom. The summed E-state index contributed by atoms with van der Waals surface area (Å²) in [6, 6.07) is 3.78. The molecule has 1 amide bonds. The maximum Gasteiger partial charge on any atom is 0.335 e. The van der Waals surface area contributed by atoms with Gasteiger partial charge in [0, 0.05) is 12.3 Å². The van der Waals surface area contributed by atoms with Crippen LogP contribution in [0.25, 0.3) is 0 Å². The van der Waals surface area contributed by atoms with Gasteiger partial charge in [-0.05, 0) is 12.1 Å². The Balaban J connectivity index is 2.02. The van der Waals surface area contributed by atoms with Crippen LogP contribution in [-0.4, -0.2) is 31.9 Å². The average Bonchev–Trinajstić information content (AvgIpc) is 2.95. The Labute approximate surface area is 117 Å². The molecular formula is C12H10N4O5. The van der Waals surface area contributed by atoms with Gasteiger partial charge in [0.2, 0.25) is 0 Å². The fourth-order valence-electron chi connectivity index (χ4n) is 1.59. The number of rotatable bonds is 5. The number of carboxylic acid groups (broad SMARTS) is 1. The first-order chi connectivity index (χ1) is 9.97. The van der Waals surface area contributed by atoms with E-state index in [-0.39, 0.29) is 23.5 Å². The summed E-state index contributed by atoms with van der Waals surface area (Å²) in [5.74, 6) is -1.64. The number of carbonyl (C=O) groups is 2. The summed E-state index contributed by atoms with van der Waals surface area (Å²) >= 11 is 0. The number of nitrogens with zero attached hydrogens (tertiary/aromatic N) is 2. The number of aromatic amines is 1. The number of carbonyl (C=O) groups excluding carboxylic acids is 1. The van der Waals surface area contributed by atoms with Crippen LogP contribution in [-0.2, 0) is 6.54 Å². The number of aromatic carboxylic acids is 1. The molecule has 0 saturated carbocycles. The quantitative estimate of drug-likeness (QED) is 0.553. The zero-order valence-electron chi connectivity index (χ0n) is 10.6. The lowest BCUT2D eigenvalue weighted by molar-refractivity contribution is -0.384. The molecule has 3 N–H and O–H groups in total. The maximum atomic E-state index is 11.8. The number of carboxylic acids is 1. The van der Waals surface area contributed by atoms with Crippen LogP contribution in [0.5, 0.6) is 0 Å². The van der Waals surface area contributed by atoms with Gasteiger partial charge in [-0.15, -0.1) is 0 Å². The zero-order valence-corrected chi connectivity index (χ0v) is 10.6. The van der Waals surface area contributed by atoms with Crippen molar-refractivity contribution >= 4 is 17.6 Å². The molecule has 21 heavy (non-hydrogen) atoms. The normalized spacial score (nSPS) is 10.1. The summed E-state index contributed by atoms with van der Waals surface area (Å²) in [4.78, 5) is 38.9. The van der Waals surface area contributed by atoms with Gasteiger partial charge in [-0.2, -0.15) is 0 Å². The van der Waals surface area contributed by atoms with E-state index in [0.29, 0.717) is 5.69 Å². The largest absolute Gasteiger partial charge is 0.478 e. The van der Waals surface area contributed by atoms with Crippen molar-refractivity contribution in [2.75, 3.05) is 0 Å². The molecular weight excluding hydrogens is 280 g/mol. The first kappa shape index (κ1) is 14.2. The minimum absolute atomic E-state index is 0.00672. The van der Waals surface area contributed by atoms with E-state index in [4.69, 9.17) is 5.11 Å². The Morgan fingerprint density at radius 1 is 1.43 bits per heavy atom. The molecule has 0 aliphatic rings. The number of H-pyrrole nitrogens is 1. The molecule has 2 heterocycles. The molecule has 2 rings (SSSR count). The van der Waals surface area contributed by atoms with Gasteiger partial charge < -0.3 is 15.4 Å².